The van der Waals surface area contributed by atoms with Crippen molar-refractivity contribution in [1.29, 1.82) is 0 Å². The third kappa shape index (κ3) is 17.3. The topological polar surface area (TPSA) is 78.3 Å². The highest BCUT2D eigenvalue weighted by Crippen LogP contribution is 2.13. The van der Waals surface area contributed by atoms with Gasteiger partial charge in [0, 0.05) is 6.42 Å². The molecule has 0 atom stereocenters. The third-order valence-electron chi connectivity index (χ3n) is 3.34. The minimum Gasteiger partial charge on any atom is -0.460 e. The molecule has 0 aromatic heterocycles. The Morgan fingerprint density at radius 3 is 1.71 bits per heavy atom. The number of carbonyl (C=O) groups is 1. The van der Waals surface area contributed by atoms with Crippen molar-refractivity contribution in [1.82, 2.24) is 0 Å². The summed E-state index contributed by atoms with van der Waals surface area (Å²) in [5.41, 5.74) is 10.6. The number of esters is 1. The van der Waals surface area contributed by atoms with Crippen molar-refractivity contribution < 1.29 is 9.53 Å². The average Bonchev–Trinajstić information content (AvgIpc) is 2.33. The lowest BCUT2D eigenvalue weighted by atomic mass is 10.1. The summed E-state index contributed by atoms with van der Waals surface area (Å²) in [7, 11) is 0. The van der Waals surface area contributed by atoms with E-state index in [-0.39, 0.29) is 17.7 Å². The Morgan fingerprint density at radius 1 is 0.857 bits per heavy atom. The molecule has 0 bridgehead atoms. The highest BCUT2D eigenvalue weighted by atomic mass is 16.6. The Kier molecular flexibility index (Phi) is 11.6. The van der Waals surface area contributed by atoms with E-state index in [1.165, 1.54) is 38.5 Å². The zero-order valence-corrected chi connectivity index (χ0v) is 14.3. The van der Waals surface area contributed by atoms with Crippen molar-refractivity contribution in [2.45, 2.75) is 103 Å². The lowest BCUT2D eigenvalue weighted by molar-refractivity contribution is -0.154. The van der Waals surface area contributed by atoms with Crippen molar-refractivity contribution in [2.75, 3.05) is 0 Å². The van der Waals surface area contributed by atoms with Crippen LogP contribution in [-0.4, -0.2) is 17.7 Å². The molecule has 0 radical (unpaired) electrons. The molecule has 0 heterocycles. The standard InChI is InChI=1S/C17H36N2O2/c1-17(2,3)21-16(20)14-12-10-8-6-4-5-7-9-11-13-15(18)19/h15H,4-14,18-19H2,1-3H3. The first-order chi connectivity index (χ1) is 9.81. The summed E-state index contributed by atoms with van der Waals surface area (Å²) in [6, 6.07) is 0. The van der Waals surface area contributed by atoms with E-state index < -0.39 is 0 Å². The van der Waals surface area contributed by atoms with Crippen LogP contribution in [0, 0.1) is 0 Å². The fraction of sp³-hybridized carbons (Fsp3) is 0.941. The van der Waals surface area contributed by atoms with Crippen LogP contribution in [0.1, 0.15) is 91.4 Å². The minimum atomic E-state index is -0.356. The molecule has 0 aliphatic heterocycles. The molecular weight excluding hydrogens is 264 g/mol. The molecule has 0 spiro atoms. The molecule has 0 aliphatic carbocycles. The summed E-state index contributed by atoms with van der Waals surface area (Å²) in [6.07, 6.45) is 12.2. The maximum atomic E-state index is 11.5. The summed E-state index contributed by atoms with van der Waals surface area (Å²) in [5.74, 6) is -0.0689. The number of unbranched alkanes of at least 4 members (excludes halogenated alkanes) is 8. The minimum absolute atomic E-state index is 0.0689. The van der Waals surface area contributed by atoms with Gasteiger partial charge in [0.1, 0.15) is 5.60 Å². The van der Waals surface area contributed by atoms with E-state index in [0.29, 0.717) is 6.42 Å². The van der Waals surface area contributed by atoms with Crippen LogP contribution in [0.15, 0.2) is 0 Å². The zero-order chi connectivity index (χ0) is 16.1. The van der Waals surface area contributed by atoms with Crippen LogP contribution in [0.25, 0.3) is 0 Å². The summed E-state index contributed by atoms with van der Waals surface area (Å²) in [5, 5.41) is 0. The zero-order valence-electron chi connectivity index (χ0n) is 14.3. The lowest BCUT2D eigenvalue weighted by Crippen LogP contribution is -2.29. The molecule has 4 N–H and O–H groups in total. The van der Waals surface area contributed by atoms with E-state index in [9.17, 15) is 4.79 Å². The molecule has 0 saturated heterocycles. The van der Waals surface area contributed by atoms with Crippen LogP contribution in [0.2, 0.25) is 0 Å². The second kappa shape index (κ2) is 12.0. The van der Waals surface area contributed by atoms with Crippen LogP contribution in [0.4, 0.5) is 0 Å². The first-order valence-corrected chi connectivity index (χ1v) is 8.54. The second-order valence-corrected chi connectivity index (χ2v) is 6.97. The summed E-state index contributed by atoms with van der Waals surface area (Å²) in [6.45, 7) is 5.73. The molecule has 0 saturated carbocycles. The fourth-order valence-corrected chi connectivity index (χ4v) is 2.28. The Morgan fingerprint density at radius 2 is 1.29 bits per heavy atom. The maximum absolute atomic E-state index is 11.5. The molecule has 0 aliphatic rings. The lowest BCUT2D eigenvalue weighted by Gasteiger charge is -2.19. The second-order valence-electron chi connectivity index (χ2n) is 6.97. The number of ether oxygens (including phenoxy) is 1. The van der Waals surface area contributed by atoms with Gasteiger partial charge in [0.05, 0.1) is 6.17 Å². The van der Waals surface area contributed by atoms with Crippen molar-refractivity contribution >= 4 is 5.97 Å². The van der Waals surface area contributed by atoms with Crippen LogP contribution in [-0.2, 0) is 9.53 Å². The Hall–Kier alpha value is -0.610. The molecule has 21 heavy (non-hydrogen) atoms. The Balaban J connectivity index is 3.21. The van der Waals surface area contributed by atoms with Crippen LogP contribution < -0.4 is 11.5 Å². The summed E-state index contributed by atoms with van der Waals surface area (Å²) < 4.78 is 5.28. The van der Waals surface area contributed by atoms with Crippen molar-refractivity contribution in [3.05, 3.63) is 0 Å². The molecule has 0 aromatic rings. The predicted octanol–water partition coefficient (Wildman–Crippen LogP) is 3.86. The average molecular weight is 300 g/mol. The van der Waals surface area contributed by atoms with Gasteiger partial charge in [-0.1, -0.05) is 51.4 Å². The van der Waals surface area contributed by atoms with Gasteiger partial charge in [-0.05, 0) is 33.6 Å². The molecule has 4 heteroatoms. The number of hydrogen-bond acceptors (Lipinski definition) is 4. The first kappa shape index (κ1) is 20.4. The van der Waals surface area contributed by atoms with E-state index in [1.54, 1.807) is 0 Å². The van der Waals surface area contributed by atoms with Crippen molar-refractivity contribution in [3.63, 3.8) is 0 Å². The fourth-order valence-electron chi connectivity index (χ4n) is 2.28. The molecular formula is C17H36N2O2. The number of nitrogens with two attached hydrogens (primary N) is 2. The number of carbonyl (C=O) groups excluding carboxylic acids is 1. The van der Waals surface area contributed by atoms with Gasteiger partial charge < -0.3 is 16.2 Å². The van der Waals surface area contributed by atoms with E-state index in [1.807, 2.05) is 20.8 Å². The molecule has 4 nitrogen and oxygen atoms in total. The van der Waals surface area contributed by atoms with Gasteiger partial charge in [0.25, 0.3) is 0 Å². The van der Waals surface area contributed by atoms with Crippen LogP contribution in [0.5, 0.6) is 0 Å². The normalized spacial score (nSPS) is 11.9. The van der Waals surface area contributed by atoms with Gasteiger partial charge in [-0.3, -0.25) is 4.79 Å². The van der Waals surface area contributed by atoms with Gasteiger partial charge >= 0.3 is 5.97 Å². The third-order valence-corrected chi connectivity index (χ3v) is 3.34. The van der Waals surface area contributed by atoms with Crippen molar-refractivity contribution in [3.8, 4) is 0 Å². The molecule has 126 valence electrons. The van der Waals surface area contributed by atoms with E-state index in [4.69, 9.17) is 16.2 Å². The molecule has 0 fully saturated rings. The van der Waals surface area contributed by atoms with Gasteiger partial charge in [-0.2, -0.15) is 0 Å². The Labute approximate surface area is 131 Å². The first-order valence-electron chi connectivity index (χ1n) is 8.54. The largest absolute Gasteiger partial charge is 0.460 e. The molecule has 0 amide bonds. The summed E-state index contributed by atoms with van der Waals surface area (Å²) >= 11 is 0. The van der Waals surface area contributed by atoms with Gasteiger partial charge in [0.2, 0.25) is 0 Å². The van der Waals surface area contributed by atoms with E-state index >= 15 is 0 Å². The maximum Gasteiger partial charge on any atom is 0.306 e. The molecule has 0 aromatic carbocycles. The smallest absolute Gasteiger partial charge is 0.306 e. The SMILES string of the molecule is CC(C)(C)OC(=O)CCCCCCCCCCCC(N)N. The van der Waals surface area contributed by atoms with Gasteiger partial charge in [-0.25, -0.2) is 0 Å². The monoisotopic (exact) mass is 300 g/mol. The van der Waals surface area contributed by atoms with E-state index in [0.717, 1.165) is 25.7 Å². The highest BCUT2D eigenvalue weighted by molar-refractivity contribution is 5.69. The summed E-state index contributed by atoms with van der Waals surface area (Å²) in [4.78, 5) is 11.5. The number of rotatable bonds is 12. The van der Waals surface area contributed by atoms with Crippen LogP contribution in [0.3, 0.4) is 0 Å². The molecule has 0 rings (SSSR count). The Bertz CT molecular complexity index is 260. The van der Waals surface area contributed by atoms with E-state index in [2.05, 4.69) is 0 Å². The predicted molar refractivity (Wildman–Crippen MR) is 88.8 cm³/mol. The highest BCUT2D eigenvalue weighted by Gasteiger charge is 2.15. The van der Waals surface area contributed by atoms with Gasteiger partial charge in [-0.15, -0.1) is 0 Å². The van der Waals surface area contributed by atoms with Gasteiger partial charge in [0.15, 0.2) is 0 Å². The quantitative estimate of drug-likeness (QED) is 0.326. The van der Waals surface area contributed by atoms with Crippen molar-refractivity contribution in [2.24, 2.45) is 11.5 Å². The van der Waals surface area contributed by atoms with Crippen LogP contribution >= 0.6 is 0 Å². The molecule has 0 unspecified atom stereocenters. The number of hydrogen-bond donors (Lipinski definition) is 2.